The van der Waals surface area contributed by atoms with Crippen molar-refractivity contribution in [2.75, 3.05) is 5.32 Å². The van der Waals surface area contributed by atoms with Gasteiger partial charge >= 0.3 is 12.0 Å². The van der Waals surface area contributed by atoms with Gasteiger partial charge in [-0.3, -0.25) is 14.9 Å². The van der Waals surface area contributed by atoms with E-state index in [1.807, 2.05) is 0 Å². The minimum atomic E-state index is -0.946. The summed E-state index contributed by atoms with van der Waals surface area (Å²) in [5.41, 5.74) is -0.617. The number of hydrogen-bond donors (Lipinski definition) is 3. The number of carboxylic acids is 1. The maximum atomic E-state index is 11.9. The molecule has 120 valence electrons. The van der Waals surface area contributed by atoms with Gasteiger partial charge in [-0.15, -0.1) is 0 Å². The Balaban J connectivity index is 2.71. The number of benzene rings is 1. The maximum absolute atomic E-state index is 11.9. The van der Waals surface area contributed by atoms with Crippen LogP contribution in [0.25, 0.3) is 0 Å². The standard InChI is InChI=1S/C13H16BrN3O5/c1-13(2,6-5-11(18)19)16-12(20)15-8-3-4-9(14)10(7-8)17(21)22/h3-4,7H,5-6H2,1-2H3,(H,18,19)(H2,15,16,20). The van der Waals surface area contributed by atoms with Gasteiger partial charge in [-0.1, -0.05) is 0 Å². The molecule has 0 radical (unpaired) electrons. The lowest BCUT2D eigenvalue weighted by Crippen LogP contribution is -2.45. The fourth-order valence-corrected chi connectivity index (χ4v) is 2.07. The largest absolute Gasteiger partial charge is 0.481 e. The summed E-state index contributed by atoms with van der Waals surface area (Å²) in [4.78, 5) is 32.7. The lowest BCUT2D eigenvalue weighted by Gasteiger charge is -2.25. The van der Waals surface area contributed by atoms with E-state index < -0.39 is 22.5 Å². The second-order valence-corrected chi connectivity index (χ2v) is 6.13. The Labute approximate surface area is 135 Å². The Morgan fingerprint density at radius 1 is 1.41 bits per heavy atom. The number of anilines is 1. The van der Waals surface area contributed by atoms with Crippen LogP contribution >= 0.6 is 15.9 Å². The van der Waals surface area contributed by atoms with E-state index in [1.54, 1.807) is 13.8 Å². The number of nitrogens with zero attached hydrogens (tertiary/aromatic N) is 1. The van der Waals surface area contributed by atoms with E-state index >= 15 is 0 Å². The van der Waals surface area contributed by atoms with Crippen LogP contribution in [0.5, 0.6) is 0 Å². The van der Waals surface area contributed by atoms with E-state index in [0.29, 0.717) is 4.47 Å². The highest BCUT2D eigenvalue weighted by Gasteiger charge is 2.22. The number of halogens is 1. The van der Waals surface area contributed by atoms with Crippen LogP contribution in [-0.2, 0) is 4.79 Å². The zero-order chi connectivity index (χ0) is 16.9. The quantitative estimate of drug-likeness (QED) is 0.522. The molecule has 0 saturated carbocycles. The third-order valence-electron chi connectivity index (χ3n) is 2.82. The summed E-state index contributed by atoms with van der Waals surface area (Å²) < 4.78 is 0.310. The average Bonchev–Trinajstić information content (AvgIpc) is 2.38. The Morgan fingerprint density at radius 2 is 2.05 bits per heavy atom. The van der Waals surface area contributed by atoms with Crippen LogP contribution in [0, 0.1) is 10.1 Å². The van der Waals surface area contributed by atoms with Crippen LogP contribution in [0.1, 0.15) is 26.7 Å². The third kappa shape index (κ3) is 5.68. The number of carboxylic acid groups (broad SMARTS) is 1. The first kappa shape index (κ1) is 17.9. The maximum Gasteiger partial charge on any atom is 0.319 e. The summed E-state index contributed by atoms with van der Waals surface area (Å²) in [5, 5.41) is 24.6. The first-order valence-corrected chi connectivity index (χ1v) is 7.15. The summed E-state index contributed by atoms with van der Waals surface area (Å²) in [6.07, 6.45) is 0.188. The molecule has 0 aliphatic carbocycles. The Morgan fingerprint density at radius 3 is 2.59 bits per heavy atom. The number of carbonyl (C=O) groups excluding carboxylic acids is 1. The van der Waals surface area contributed by atoms with E-state index in [0.717, 1.165) is 0 Å². The Hall–Kier alpha value is -2.16. The third-order valence-corrected chi connectivity index (χ3v) is 3.49. The fourth-order valence-electron chi connectivity index (χ4n) is 1.68. The summed E-state index contributed by atoms with van der Waals surface area (Å²) in [5.74, 6) is -0.946. The molecule has 0 bridgehead atoms. The van der Waals surface area contributed by atoms with Gasteiger partial charge in [0, 0.05) is 23.7 Å². The lowest BCUT2D eigenvalue weighted by molar-refractivity contribution is -0.385. The van der Waals surface area contributed by atoms with Crippen LogP contribution < -0.4 is 10.6 Å². The van der Waals surface area contributed by atoms with Crippen LogP contribution in [0.2, 0.25) is 0 Å². The second-order valence-electron chi connectivity index (χ2n) is 5.28. The number of carbonyl (C=O) groups is 2. The molecule has 0 spiro atoms. The van der Waals surface area contributed by atoms with Crippen molar-refractivity contribution < 1.29 is 19.6 Å². The van der Waals surface area contributed by atoms with E-state index in [2.05, 4.69) is 26.6 Å². The zero-order valence-corrected chi connectivity index (χ0v) is 13.6. The molecule has 0 aliphatic rings. The minimum absolute atomic E-state index is 0.0724. The van der Waals surface area contributed by atoms with Gasteiger partial charge in [0.05, 0.1) is 9.40 Å². The molecule has 0 aromatic heterocycles. The molecule has 1 rings (SSSR count). The molecule has 0 aliphatic heterocycles. The normalized spacial score (nSPS) is 10.9. The first-order valence-electron chi connectivity index (χ1n) is 6.35. The van der Waals surface area contributed by atoms with Gasteiger partial charge in [-0.25, -0.2) is 4.79 Å². The fraction of sp³-hybridized carbons (Fsp3) is 0.385. The number of nitro benzene ring substituents is 1. The van der Waals surface area contributed by atoms with Crippen molar-refractivity contribution in [1.29, 1.82) is 0 Å². The summed E-state index contributed by atoms with van der Waals surface area (Å²) in [6, 6.07) is 3.64. The first-order chi connectivity index (χ1) is 10.1. The monoisotopic (exact) mass is 373 g/mol. The Kier molecular flexibility index (Phi) is 5.86. The van der Waals surface area contributed by atoms with Crippen LogP contribution in [-0.4, -0.2) is 27.6 Å². The summed E-state index contributed by atoms with van der Waals surface area (Å²) in [7, 11) is 0. The Bertz CT molecular complexity index is 603. The number of nitro groups is 1. The van der Waals surface area contributed by atoms with Crippen molar-refractivity contribution in [2.24, 2.45) is 0 Å². The number of aliphatic carboxylic acids is 1. The van der Waals surface area contributed by atoms with Crippen molar-refractivity contribution in [3.63, 3.8) is 0 Å². The smallest absolute Gasteiger partial charge is 0.319 e. The molecule has 0 atom stereocenters. The molecule has 9 heteroatoms. The van der Waals surface area contributed by atoms with E-state index in [1.165, 1.54) is 18.2 Å². The predicted molar refractivity (Wildman–Crippen MR) is 83.9 cm³/mol. The van der Waals surface area contributed by atoms with Crippen molar-refractivity contribution in [3.8, 4) is 0 Å². The molecule has 3 N–H and O–H groups in total. The van der Waals surface area contributed by atoms with Gasteiger partial charge in [0.2, 0.25) is 0 Å². The zero-order valence-electron chi connectivity index (χ0n) is 12.1. The van der Waals surface area contributed by atoms with Crippen molar-refractivity contribution in [2.45, 2.75) is 32.2 Å². The van der Waals surface area contributed by atoms with Gasteiger partial charge in [0.25, 0.3) is 5.69 Å². The molecule has 1 aromatic rings. The number of urea groups is 1. The number of amides is 2. The van der Waals surface area contributed by atoms with Crippen molar-refractivity contribution in [1.82, 2.24) is 5.32 Å². The summed E-state index contributed by atoms with van der Waals surface area (Å²) >= 11 is 3.05. The van der Waals surface area contributed by atoms with Crippen LogP contribution in [0.15, 0.2) is 22.7 Å². The highest BCUT2D eigenvalue weighted by atomic mass is 79.9. The summed E-state index contributed by atoms with van der Waals surface area (Å²) in [6.45, 7) is 3.39. The number of nitrogens with one attached hydrogen (secondary N) is 2. The van der Waals surface area contributed by atoms with Gasteiger partial charge < -0.3 is 15.7 Å². The van der Waals surface area contributed by atoms with Crippen molar-refractivity contribution >= 4 is 39.3 Å². The lowest BCUT2D eigenvalue weighted by atomic mass is 9.99. The molecular formula is C13H16BrN3O5. The van der Waals surface area contributed by atoms with Crippen molar-refractivity contribution in [3.05, 3.63) is 32.8 Å². The SMILES string of the molecule is CC(C)(CCC(=O)O)NC(=O)Nc1ccc(Br)c([N+](=O)[O-])c1. The predicted octanol–water partition coefficient (Wildman–Crippen LogP) is 3.12. The molecule has 8 nitrogen and oxygen atoms in total. The van der Waals surface area contributed by atoms with E-state index in [4.69, 9.17) is 5.11 Å². The van der Waals surface area contributed by atoms with Gasteiger partial charge in [0.1, 0.15) is 0 Å². The highest BCUT2D eigenvalue weighted by Crippen LogP contribution is 2.27. The molecule has 2 amide bonds. The molecule has 0 unspecified atom stereocenters. The topological polar surface area (TPSA) is 122 Å². The second kappa shape index (κ2) is 7.21. The van der Waals surface area contributed by atoms with E-state index in [-0.39, 0.29) is 24.2 Å². The minimum Gasteiger partial charge on any atom is -0.481 e. The van der Waals surface area contributed by atoms with Gasteiger partial charge in [-0.05, 0) is 48.3 Å². The van der Waals surface area contributed by atoms with Gasteiger partial charge in [-0.2, -0.15) is 0 Å². The molecule has 0 fully saturated rings. The average molecular weight is 374 g/mol. The molecule has 0 heterocycles. The highest BCUT2D eigenvalue weighted by molar-refractivity contribution is 9.10. The van der Waals surface area contributed by atoms with E-state index in [9.17, 15) is 19.7 Å². The molecular weight excluding hydrogens is 358 g/mol. The van der Waals surface area contributed by atoms with Crippen LogP contribution in [0.4, 0.5) is 16.2 Å². The molecule has 0 saturated heterocycles. The number of hydrogen-bond acceptors (Lipinski definition) is 4. The number of rotatable bonds is 6. The molecule has 22 heavy (non-hydrogen) atoms. The van der Waals surface area contributed by atoms with Crippen LogP contribution in [0.3, 0.4) is 0 Å². The molecule has 1 aromatic carbocycles. The van der Waals surface area contributed by atoms with Gasteiger partial charge in [0.15, 0.2) is 0 Å².